The Hall–Kier alpha value is -3.52. The van der Waals surface area contributed by atoms with E-state index in [1.54, 1.807) is 19.2 Å². The molecule has 3 rings (SSSR count). The van der Waals surface area contributed by atoms with Crippen LogP contribution in [0.5, 0.6) is 0 Å². The number of amides is 1. The van der Waals surface area contributed by atoms with Crippen molar-refractivity contribution in [2.45, 2.75) is 18.9 Å². The first-order chi connectivity index (χ1) is 13.9. The Kier molecular flexibility index (Phi) is 6.36. The van der Waals surface area contributed by atoms with Gasteiger partial charge in [0.15, 0.2) is 5.69 Å². The van der Waals surface area contributed by atoms with E-state index in [2.05, 4.69) is 4.98 Å². The summed E-state index contributed by atoms with van der Waals surface area (Å²) in [5.41, 5.74) is 8.37. The van der Waals surface area contributed by atoms with Crippen molar-refractivity contribution in [2.24, 2.45) is 5.73 Å². The molecule has 0 saturated heterocycles. The Morgan fingerprint density at radius 3 is 2.52 bits per heavy atom. The van der Waals surface area contributed by atoms with Crippen LogP contribution in [-0.4, -0.2) is 34.3 Å². The number of hydrogen-bond donors (Lipinski definition) is 1. The molecule has 1 amide bonds. The van der Waals surface area contributed by atoms with E-state index >= 15 is 0 Å². The monoisotopic (exact) mass is 394 g/mol. The third-order valence-electron chi connectivity index (χ3n) is 4.59. The van der Waals surface area contributed by atoms with Gasteiger partial charge in [-0.25, -0.2) is 4.98 Å². The number of non-ortho nitro benzene ring substituents is 1. The van der Waals surface area contributed by atoms with Crippen molar-refractivity contribution in [3.05, 3.63) is 93.7 Å². The average Bonchev–Trinajstić information content (AvgIpc) is 3.23. The van der Waals surface area contributed by atoms with Gasteiger partial charge in [-0.05, 0) is 24.0 Å². The molecule has 0 bridgehead atoms. The highest BCUT2D eigenvalue weighted by atomic mass is 16.6. The molecule has 8 nitrogen and oxygen atoms in total. The van der Waals surface area contributed by atoms with Gasteiger partial charge in [0.1, 0.15) is 6.26 Å². The maximum atomic E-state index is 12.6. The van der Waals surface area contributed by atoms with Gasteiger partial charge in [-0.15, -0.1) is 0 Å². The number of nitrogens with zero attached hydrogens (tertiary/aromatic N) is 3. The highest BCUT2D eigenvalue weighted by molar-refractivity contribution is 5.91. The summed E-state index contributed by atoms with van der Waals surface area (Å²) in [4.78, 5) is 28.6. The Morgan fingerprint density at radius 2 is 1.86 bits per heavy atom. The Morgan fingerprint density at radius 1 is 1.17 bits per heavy atom. The molecule has 1 atom stereocenters. The standard InChI is InChI=1S/C21H22N4O4/c1-24(12-11-15-7-9-17(10-8-15)25(27)28)21(26)19-14-29-20(23-19)18(22)13-16-5-3-2-4-6-16/h2-10,14,18H,11-13,22H2,1H3. The molecule has 0 aliphatic rings. The van der Waals surface area contributed by atoms with E-state index < -0.39 is 11.0 Å². The molecule has 0 fully saturated rings. The summed E-state index contributed by atoms with van der Waals surface area (Å²) in [6.45, 7) is 0.439. The number of carbonyl (C=O) groups is 1. The third-order valence-corrected chi connectivity index (χ3v) is 4.59. The second-order valence-corrected chi connectivity index (χ2v) is 6.77. The topological polar surface area (TPSA) is 116 Å². The molecule has 150 valence electrons. The van der Waals surface area contributed by atoms with Crippen LogP contribution >= 0.6 is 0 Å². The van der Waals surface area contributed by atoms with Crippen LogP contribution in [0.2, 0.25) is 0 Å². The van der Waals surface area contributed by atoms with Crippen LogP contribution in [-0.2, 0) is 12.8 Å². The first kappa shape index (κ1) is 20.2. The van der Waals surface area contributed by atoms with Crippen molar-refractivity contribution in [1.82, 2.24) is 9.88 Å². The highest BCUT2D eigenvalue weighted by Gasteiger charge is 2.20. The molecular weight excluding hydrogens is 372 g/mol. The van der Waals surface area contributed by atoms with Crippen LogP contribution in [0.1, 0.15) is 33.5 Å². The van der Waals surface area contributed by atoms with Crippen molar-refractivity contribution in [3.63, 3.8) is 0 Å². The minimum atomic E-state index is -0.440. The molecule has 2 N–H and O–H groups in total. The number of aromatic nitrogens is 1. The molecule has 29 heavy (non-hydrogen) atoms. The lowest BCUT2D eigenvalue weighted by molar-refractivity contribution is -0.384. The molecule has 0 saturated carbocycles. The molecule has 0 aliphatic heterocycles. The number of carbonyl (C=O) groups excluding carboxylic acids is 1. The number of likely N-dealkylation sites (N-methyl/N-ethyl adjacent to an activating group) is 1. The summed E-state index contributed by atoms with van der Waals surface area (Å²) in [6, 6.07) is 15.6. The number of rotatable bonds is 8. The number of oxazole rings is 1. The maximum absolute atomic E-state index is 12.6. The van der Waals surface area contributed by atoms with Gasteiger partial charge in [0.05, 0.1) is 11.0 Å². The fraction of sp³-hybridized carbons (Fsp3) is 0.238. The molecule has 8 heteroatoms. The van der Waals surface area contributed by atoms with Gasteiger partial charge in [0.2, 0.25) is 5.89 Å². The van der Waals surface area contributed by atoms with Crippen molar-refractivity contribution in [1.29, 1.82) is 0 Å². The van der Waals surface area contributed by atoms with Crippen molar-refractivity contribution < 1.29 is 14.1 Å². The molecule has 0 aliphatic carbocycles. The van der Waals surface area contributed by atoms with E-state index in [-0.39, 0.29) is 17.3 Å². The Bertz CT molecular complexity index is 970. The molecule has 1 heterocycles. The predicted molar refractivity (Wildman–Crippen MR) is 107 cm³/mol. The lowest BCUT2D eigenvalue weighted by Crippen LogP contribution is -2.29. The Balaban J connectivity index is 1.56. The van der Waals surface area contributed by atoms with Gasteiger partial charge in [-0.2, -0.15) is 0 Å². The zero-order chi connectivity index (χ0) is 20.8. The van der Waals surface area contributed by atoms with Crippen LogP contribution < -0.4 is 5.73 Å². The summed E-state index contributed by atoms with van der Waals surface area (Å²) in [7, 11) is 1.67. The zero-order valence-electron chi connectivity index (χ0n) is 16.0. The van der Waals surface area contributed by atoms with Crippen molar-refractivity contribution >= 4 is 11.6 Å². The third kappa shape index (κ3) is 5.26. The average molecular weight is 394 g/mol. The molecular formula is C21H22N4O4. The van der Waals surface area contributed by atoms with E-state index in [1.807, 2.05) is 30.3 Å². The lowest BCUT2D eigenvalue weighted by atomic mass is 10.1. The maximum Gasteiger partial charge on any atom is 0.275 e. The van der Waals surface area contributed by atoms with E-state index in [4.69, 9.17) is 10.2 Å². The van der Waals surface area contributed by atoms with Crippen LogP contribution in [0.4, 0.5) is 5.69 Å². The largest absolute Gasteiger partial charge is 0.446 e. The summed E-state index contributed by atoms with van der Waals surface area (Å²) in [5, 5.41) is 10.7. The minimum Gasteiger partial charge on any atom is -0.446 e. The van der Waals surface area contributed by atoms with Gasteiger partial charge in [0, 0.05) is 25.7 Å². The fourth-order valence-corrected chi connectivity index (χ4v) is 2.89. The number of benzene rings is 2. The van der Waals surface area contributed by atoms with Crippen LogP contribution in [0.15, 0.2) is 65.3 Å². The SMILES string of the molecule is CN(CCc1ccc([N+](=O)[O-])cc1)C(=O)c1coc(C(N)Cc2ccccc2)n1. The normalized spacial score (nSPS) is 11.8. The van der Waals surface area contributed by atoms with Crippen molar-refractivity contribution in [3.8, 4) is 0 Å². The second-order valence-electron chi connectivity index (χ2n) is 6.77. The predicted octanol–water partition coefficient (Wildman–Crippen LogP) is 3.14. The van der Waals surface area contributed by atoms with E-state index in [0.717, 1.165) is 11.1 Å². The molecule has 2 aromatic carbocycles. The van der Waals surface area contributed by atoms with Gasteiger partial charge < -0.3 is 15.1 Å². The molecule has 0 spiro atoms. The first-order valence-corrected chi connectivity index (χ1v) is 9.18. The number of nitro groups is 1. The Labute approximate surface area is 168 Å². The van der Waals surface area contributed by atoms with Gasteiger partial charge in [-0.3, -0.25) is 14.9 Å². The van der Waals surface area contributed by atoms with Crippen molar-refractivity contribution in [2.75, 3.05) is 13.6 Å². The lowest BCUT2D eigenvalue weighted by Gasteiger charge is -2.15. The zero-order valence-corrected chi connectivity index (χ0v) is 16.0. The van der Waals surface area contributed by atoms with Crippen LogP contribution in [0, 0.1) is 10.1 Å². The van der Waals surface area contributed by atoms with E-state index in [0.29, 0.717) is 25.3 Å². The smallest absolute Gasteiger partial charge is 0.275 e. The minimum absolute atomic E-state index is 0.0418. The highest BCUT2D eigenvalue weighted by Crippen LogP contribution is 2.17. The van der Waals surface area contributed by atoms with Gasteiger partial charge >= 0.3 is 0 Å². The van der Waals surface area contributed by atoms with Crippen LogP contribution in [0.3, 0.4) is 0 Å². The van der Waals surface area contributed by atoms with E-state index in [9.17, 15) is 14.9 Å². The van der Waals surface area contributed by atoms with Gasteiger partial charge in [0.25, 0.3) is 11.6 Å². The number of nitro benzene ring substituents is 1. The molecule has 3 aromatic rings. The summed E-state index contributed by atoms with van der Waals surface area (Å²) in [6.07, 6.45) is 2.45. The van der Waals surface area contributed by atoms with Crippen LogP contribution in [0.25, 0.3) is 0 Å². The summed E-state index contributed by atoms with van der Waals surface area (Å²) < 4.78 is 5.42. The summed E-state index contributed by atoms with van der Waals surface area (Å²) in [5.74, 6) is 0.0507. The number of hydrogen-bond acceptors (Lipinski definition) is 6. The number of nitrogens with two attached hydrogens (primary N) is 1. The fourth-order valence-electron chi connectivity index (χ4n) is 2.89. The molecule has 1 unspecified atom stereocenters. The summed E-state index contributed by atoms with van der Waals surface area (Å²) >= 11 is 0. The first-order valence-electron chi connectivity index (χ1n) is 9.18. The second kappa shape index (κ2) is 9.11. The molecule has 1 aromatic heterocycles. The quantitative estimate of drug-likeness (QED) is 0.463. The van der Waals surface area contributed by atoms with E-state index in [1.165, 1.54) is 23.3 Å². The molecule has 0 radical (unpaired) electrons. The van der Waals surface area contributed by atoms with Gasteiger partial charge in [-0.1, -0.05) is 42.5 Å².